The number of pyridine rings is 2. The van der Waals surface area contributed by atoms with Gasteiger partial charge in [0.15, 0.2) is 5.82 Å². The first-order valence-corrected chi connectivity index (χ1v) is 11.9. The molecule has 1 atom stereocenters. The summed E-state index contributed by atoms with van der Waals surface area (Å²) in [6.07, 6.45) is 2.80. The highest BCUT2D eigenvalue weighted by Gasteiger charge is 2.42. The minimum absolute atomic E-state index is 0.00468. The molecule has 0 bridgehead atoms. The summed E-state index contributed by atoms with van der Waals surface area (Å²) in [7, 11) is 0. The Labute approximate surface area is 220 Å². The zero-order chi connectivity index (χ0) is 27.7. The first-order valence-electron chi connectivity index (χ1n) is 11.9. The molecule has 13 heteroatoms. The molecule has 0 aromatic carbocycles. The Bertz CT molecular complexity index is 1520. The largest absolute Gasteiger partial charge is 0.491 e. The molecular weight excluding hydrogens is 515 g/mol. The van der Waals surface area contributed by atoms with Crippen molar-refractivity contribution < 1.29 is 27.5 Å². The van der Waals surface area contributed by atoms with Gasteiger partial charge in [-0.25, -0.2) is 14.8 Å². The van der Waals surface area contributed by atoms with Crippen LogP contribution in [0.15, 0.2) is 49.2 Å². The third kappa shape index (κ3) is 5.47. The fourth-order valence-electron chi connectivity index (χ4n) is 4.29. The highest BCUT2D eigenvalue weighted by Crippen LogP contribution is 2.34. The minimum Gasteiger partial charge on any atom is -0.400 e. The van der Waals surface area contributed by atoms with Crippen molar-refractivity contribution in [3.63, 3.8) is 0 Å². The molecule has 4 aromatic heterocycles. The number of alkyl halides is 3. The summed E-state index contributed by atoms with van der Waals surface area (Å²) in [5, 5.41) is 0. The van der Waals surface area contributed by atoms with Crippen molar-refractivity contribution >= 4 is 11.9 Å². The summed E-state index contributed by atoms with van der Waals surface area (Å²) >= 11 is 0. The molecule has 1 unspecified atom stereocenters. The maximum absolute atomic E-state index is 13.4. The normalized spacial score (nSPS) is 15.4. The van der Waals surface area contributed by atoms with Gasteiger partial charge in [-0.3, -0.25) is 19.7 Å². The molecule has 0 radical (unpaired) electrons. The number of aromatic amines is 1. The van der Waals surface area contributed by atoms with Crippen LogP contribution >= 0.6 is 0 Å². The number of esters is 1. The fraction of sp³-hybridized carbons (Fsp3) is 0.269. The van der Waals surface area contributed by atoms with Crippen LogP contribution in [-0.4, -0.2) is 65.9 Å². The summed E-state index contributed by atoms with van der Waals surface area (Å²) in [6, 6.07) is 4.44. The SMILES string of the molecule is Cc1nc(-c2cc(-c3cc(C(=O)N4CCC(c5cnccn5)C4)cnc3OC(=O)C(F)(F)F)ccn2)[nH]c1C. The van der Waals surface area contributed by atoms with Gasteiger partial charge in [0.05, 0.1) is 17.0 Å². The van der Waals surface area contributed by atoms with Gasteiger partial charge in [0, 0.05) is 61.2 Å². The lowest BCUT2D eigenvalue weighted by Crippen LogP contribution is -2.29. The molecule has 39 heavy (non-hydrogen) atoms. The molecule has 1 aliphatic heterocycles. The number of H-pyrrole nitrogens is 1. The number of hydrogen-bond acceptors (Lipinski definition) is 8. The van der Waals surface area contributed by atoms with Crippen LogP contribution in [0.5, 0.6) is 5.88 Å². The monoisotopic (exact) mass is 537 g/mol. The fourth-order valence-corrected chi connectivity index (χ4v) is 4.29. The molecule has 0 saturated carbocycles. The zero-order valence-electron chi connectivity index (χ0n) is 20.9. The van der Waals surface area contributed by atoms with Crippen molar-refractivity contribution in [2.75, 3.05) is 13.1 Å². The second-order valence-electron chi connectivity index (χ2n) is 9.06. The van der Waals surface area contributed by atoms with Gasteiger partial charge in [-0.15, -0.1) is 0 Å². The van der Waals surface area contributed by atoms with E-state index in [1.165, 1.54) is 18.3 Å². The van der Waals surface area contributed by atoms with Crippen LogP contribution in [0.4, 0.5) is 13.2 Å². The lowest BCUT2D eigenvalue weighted by molar-refractivity contribution is -0.189. The number of likely N-dealkylation sites (tertiary alicyclic amines) is 1. The number of aromatic nitrogens is 6. The predicted molar refractivity (Wildman–Crippen MR) is 132 cm³/mol. The summed E-state index contributed by atoms with van der Waals surface area (Å²) in [5.74, 6) is -2.92. The highest BCUT2D eigenvalue weighted by molar-refractivity contribution is 5.96. The number of hydrogen-bond donors (Lipinski definition) is 1. The molecule has 5 heterocycles. The maximum Gasteiger partial charge on any atom is 0.491 e. The summed E-state index contributed by atoms with van der Waals surface area (Å²) < 4.78 is 43.6. The number of imidazole rings is 1. The van der Waals surface area contributed by atoms with E-state index in [1.54, 1.807) is 29.6 Å². The first kappa shape index (κ1) is 25.9. The average Bonchev–Trinajstić information content (AvgIpc) is 3.55. The Balaban J connectivity index is 1.49. The van der Waals surface area contributed by atoms with Gasteiger partial charge in [-0.05, 0) is 44.0 Å². The zero-order valence-corrected chi connectivity index (χ0v) is 20.9. The molecule has 1 amide bonds. The Morgan fingerprint density at radius 3 is 2.59 bits per heavy atom. The van der Waals surface area contributed by atoms with Gasteiger partial charge in [0.25, 0.3) is 5.91 Å². The van der Waals surface area contributed by atoms with Crippen molar-refractivity contribution in [3.8, 4) is 28.5 Å². The average molecular weight is 538 g/mol. The number of carbonyl (C=O) groups excluding carboxylic acids is 2. The van der Waals surface area contributed by atoms with Crippen molar-refractivity contribution in [2.24, 2.45) is 0 Å². The number of nitrogens with zero attached hydrogens (tertiary/aromatic N) is 6. The second kappa shape index (κ2) is 10.2. The Kier molecular flexibility index (Phi) is 6.81. The van der Waals surface area contributed by atoms with Crippen molar-refractivity contribution in [3.05, 3.63) is 71.8 Å². The van der Waals surface area contributed by atoms with E-state index >= 15 is 0 Å². The van der Waals surface area contributed by atoms with Gasteiger partial charge in [0.2, 0.25) is 5.88 Å². The van der Waals surface area contributed by atoms with E-state index in [0.717, 1.165) is 23.3 Å². The summed E-state index contributed by atoms with van der Waals surface area (Å²) in [6.45, 7) is 4.52. The van der Waals surface area contributed by atoms with E-state index < -0.39 is 18.0 Å². The van der Waals surface area contributed by atoms with Gasteiger partial charge >= 0.3 is 12.1 Å². The van der Waals surface area contributed by atoms with E-state index in [4.69, 9.17) is 0 Å². The Morgan fingerprint density at radius 1 is 1.08 bits per heavy atom. The third-order valence-electron chi connectivity index (χ3n) is 6.44. The molecular formula is C26H22F3N7O3. The molecule has 1 saturated heterocycles. The van der Waals surface area contributed by atoms with E-state index in [2.05, 4.69) is 34.6 Å². The summed E-state index contributed by atoms with van der Waals surface area (Å²) in [5.41, 5.74) is 3.24. The number of halogens is 3. The Hall–Kier alpha value is -4.68. The maximum atomic E-state index is 13.4. The van der Waals surface area contributed by atoms with Gasteiger partial charge in [0.1, 0.15) is 5.69 Å². The third-order valence-corrected chi connectivity index (χ3v) is 6.44. The number of rotatable bonds is 5. The van der Waals surface area contributed by atoms with Crippen LogP contribution in [0.25, 0.3) is 22.6 Å². The van der Waals surface area contributed by atoms with E-state index in [1.807, 2.05) is 13.8 Å². The van der Waals surface area contributed by atoms with Crippen LogP contribution in [0, 0.1) is 13.8 Å². The van der Waals surface area contributed by atoms with Crippen molar-refractivity contribution in [2.45, 2.75) is 32.4 Å². The lowest BCUT2D eigenvalue weighted by atomic mass is 10.0. The molecule has 200 valence electrons. The van der Waals surface area contributed by atoms with E-state index in [0.29, 0.717) is 36.6 Å². The van der Waals surface area contributed by atoms with Crippen LogP contribution in [0.3, 0.4) is 0 Å². The number of carbonyl (C=O) groups is 2. The molecule has 0 aliphatic carbocycles. The second-order valence-corrected chi connectivity index (χ2v) is 9.06. The topological polar surface area (TPSA) is 127 Å². The molecule has 0 spiro atoms. The van der Waals surface area contributed by atoms with E-state index in [9.17, 15) is 22.8 Å². The van der Waals surface area contributed by atoms with Crippen LogP contribution in [-0.2, 0) is 4.79 Å². The quantitative estimate of drug-likeness (QED) is 0.378. The smallest absolute Gasteiger partial charge is 0.400 e. The molecule has 10 nitrogen and oxygen atoms in total. The first-order chi connectivity index (χ1) is 18.6. The molecule has 5 rings (SSSR count). The molecule has 1 aliphatic rings. The number of nitrogens with one attached hydrogen (secondary N) is 1. The Morgan fingerprint density at radius 2 is 1.90 bits per heavy atom. The highest BCUT2D eigenvalue weighted by atomic mass is 19.4. The molecule has 1 N–H and O–H groups in total. The van der Waals surface area contributed by atoms with Crippen molar-refractivity contribution in [1.29, 1.82) is 0 Å². The number of aryl methyl sites for hydroxylation is 2. The molecule has 1 fully saturated rings. The predicted octanol–water partition coefficient (Wildman–Crippen LogP) is 4.04. The number of amides is 1. The lowest BCUT2D eigenvalue weighted by Gasteiger charge is -2.18. The molecule has 4 aromatic rings. The van der Waals surface area contributed by atoms with Gasteiger partial charge in [-0.1, -0.05) is 0 Å². The van der Waals surface area contributed by atoms with E-state index in [-0.39, 0.29) is 23.0 Å². The van der Waals surface area contributed by atoms with Gasteiger partial charge in [-0.2, -0.15) is 13.2 Å². The van der Waals surface area contributed by atoms with Crippen LogP contribution in [0.2, 0.25) is 0 Å². The standard InChI is InChI=1S/C26H22F3N7O3/c1-14-15(2)35-22(34-14)20-10-16(3-5-31-20)19-9-18(11-33-23(19)39-25(38)26(27,28)29)24(37)36-8-4-17(13-36)21-12-30-6-7-32-21/h3,5-7,9-12,17H,4,8,13H2,1-2H3,(H,34,35). The van der Waals surface area contributed by atoms with Crippen LogP contribution in [0.1, 0.15) is 39.8 Å². The van der Waals surface area contributed by atoms with Crippen molar-refractivity contribution in [1.82, 2.24) is 34.8 Å². The summed E-state index contributed by atoms with van der Waals surface area (Å²) in [4.78, 5) is 50.8. The minimum atomic E-state index is -5.23. The van der Waals surface area contributed by atoms with Crippen LogP contribution < -0.4 is 4.74 Å². The van der Waals surface area contributed by atoms with Gasteiger partial charge < -0.3 is 14.6 Å². The number of ether oxygens (including phenoxy) is 1.